The van der Waals surface area contributed by atoms with Gasteiger partial charge < -0.3 is 0 Å². The summed E-state index contributed by atoms with van der Waals surface area (Å²) in [5.41, 5.74) is 2.56. The number of aryl methyl sites for hydroxylation is 2. The van der Waals surface area contributed by atoms with Crippen molar-refractivity contribution >= 4 is 0 Å². The minimum atomic E-state index is 0. The van der Waals surface area contributed by atoms with Crippen molar-refractivity contribution < 1.29 is 0 Å². The number of hydrogen-bond acceptors (Lipinski definition) is 4. The molecule has 6 nitrogen and oxygen atoms in total. The minimum absolute atomic E-state index is 0. The van der Waals surface area contributed by atoms with Gasteiger partial charge in [0.2, 0.25) is 0 Å². The van der Waals surface area contributed by atoms with E-state index in [-0.39, 0.29) is 14.9 Å². The molecule has 212 valence electrons. The Hall–Kier alpha value is -1.72. The predicted octanol–water partition coefficient (Wildman–Crippen LogP) is 8.66. The first-order valence-corrected chi connectivity index (χ1v) is 13.9. The van der Waals surface area contributed by atoms with E-state index < -0.39 is 0 Å². The lowest BCUT2D eigenvalue weighted by Gasteiger charge is -2.08. The molecule has 0 bridgehead atoms. The Morgan fingerprint density at radius 2 is 0.889 bits per heavy atom. The van der Waals surface area contributed by atoms with Gasteiger partial charge in [0.1, 0.15) is 0 Å². The van der Waals surface area contributed by atoms with Crippen LogP contribution < -0.4 is 0 Å². The normalized spacial score (nSPS) is 11.0. The lowest BCUT2D eigenvalue weighted by atomic mass is 10.1. The predicted molar refractivity (Wildman–Crippen MR) is 157 cm³/mol. The van der Waals surface area contributed by atoms with Crippen LogP contribution in [-0.2, 0) is 25.9 Å². The zero-order valence-corrected chi connectivity index (χ0v) is 23.6. The Kier molecular flexibility index (Phi) is 21.6. The van der Waals surface area contributed by atoms with Crippen LogP contribution in [0.25, 0.3) is 0 Å². The minimum Gasteiger partial charge on any atom is -0.249 e. The molecule has 0 saturated carbocycles. The molecule has 0 aliphatic carbocycles. The maximum Gasteiger partial charge on any atom is 0.0725 e. The Morgan fingerprint density at radius 3 is 1.19 bits per heavy atom. The molecule has 0 radical (unpaired) electrons. The summed E-state index contributed by atoms with van der Waals surface area (Å²) in [7, 11) is 0. The van der Waals surface area contributed by atoms with E-state index in [1.54, 1.807) is 0 Å². The van der Waals surface area contributed by atoms with Gasteiger partial charge in [0.25, 0.3) is 0 Å². The van der Waals surface area contributed by atoms with Gasteiger partial charge in [-0.1, -0.05) is 119 Å². The molecular formula is C30H62N6. The van der Waals surface area contributed by atoms with Gasteiger partial charge in [-0.2, -0.15) is 0 Å². The van der Waals surface area contributed by atoms with Crippen LogP contribution in [0.5, 0.6) is 0 Å². The molecule has 0 fully saturated rings. The van der Waals surface area contributed by atoms with Gasteiger partial charge in [0.05, 0.1) is 23.8 Å². The highest BCUT2D eigenvalue weighted by atomic mass is 15.4. The second kappa shape index (κ2) is 21.4. The average molecular weight is 507 g/mol. The Morgan fingerprint density at radius 1 is 0.528 bits per heavy atom. The molecule has 6 heteroatoms. The van der Waals surface area contributed by atoms with Gasteiger partial charge in [0.15, 0.2) is 0 Å². The highest BCUT2D eigenvalue weighted by Gasteiger charge is 2.07. The fourth-order valence-corrected chi connectivity index (χ4v) is 4.07. The van der Waals surface area contributed by atoms with Gasteiger partial charge in [0, 0.05) is 13.1 Å². The zero-order valence-electron chi connectivity index (χ0n) is 23.6. The largest absolute Gasteiger partial charge is 0.249 e. The first-order chi connectivity index (χ1) is 16.2. The number of rotatable bonds is 16. The van der Waals surface area contributed by atoms with Crippen LogP contribution in [-0.4, -0.2) is 30.0 Å². The van der Waals surface area contributed by atoms with Crippen LogP contribution in [0.2, 0.25) is 0 Å². The third-order valence-corrected chi connectivity index (χ3v) is 5.93. The van der Waals surface area contributed by atoms with Crippen molar-refractivity contribution in [2.45, 2.75) is 148 Å². The van der Waals surface area contributed by atoms with E-state index in [1.807, 2.05) is 12.4 Å². The Bertz CT molecular complexity index is 667. The van der Waals surface area contributed by atoms with E-state index in [0.717, 1.165) is 37.8 Å². The molecule has 2 rings (SSSR count). The van der Waals surface area contributed by atoms with Crippen LogP contribution in [0.3, 0.4) is 0 Å². The Balaban J connectivity index is 0. The lowest BCUT2D eigenvalue weighted by Crippen LogP contribution is -2.07. The summed E-state index contributed by atoms with van der Waals surface area (Å²) in [4.78, 5) is 0. The number of nitrogens with zero attached hydrogens (tertiary/aromatic N) is 6. The number of aromatic nitrogens is 6. The van der Waals surface area contributed by atoms with Crippen molar-refractivity contribution in [3.05, 3.63) is 23.8 Å². The summed E-state index contributed by atoms with van der Waals surface area (Å²) in [6, 6.07) is 0. The smallest absolute Gasteiger partial charge is 0.0725 e. The van der Waals surface area contributed by atoms with Crippen molar-refractivity contribution in [2.24, 2.45) is 23.7 Å². The zero-order chi connectivity index (χ0) is 25.3. The standard InChI is InChI=1S/2C14H27N3.2CH4/c2*1-12(2)8-6-5-7-9-17-14(10-13(3)4)11-15-16-17;;/h2*11-13H,5-10H2,1-4H3;2*1H4. The third kappa shape index (κ3) is 17.7. The van der Waals surface area contributed by atoms with Crippen molar-refractivity contribution in [3.63, 3.8) is 0 Å². The third-order valence-electron chi connectivity index (χ3n) is 5.93. The van der Waals surface area contributed by atoms with Crippen LogP contribution in [0.15, 0.2) is 12.4 Å². The second-order valence-electron chi connectivity index (χ2n) is 11.6. The van der Waals surface area contributed by atoms with Crippen molar-refractivity contribution in [1.82, 2.24) is 30.0 Å². The monoisotopic (exact) mass is 507 g/mol. The fourth-order valence-electron chi connectivity index (χ4n) is 4.07. The SMILES string of the molecule is C.C.CC(C)CCCCCn1nncc1CC(C)C.CC(C)CCCCCn1nncc1CC(C)C. The topological polar surface area (TPSA) is 61.4 Å². The van der Waals surface area contributed by atoms with Gasteiger partial charge in [-0.3, -0.25) is 0 Å². The van der Waals surface area contributed by atoms with E-state index in [1.165, 1.54) is 62.8 Å². The molecule has 0 N–H and O–H groups in total. The summed E-state index contributed by atoms with van der Waals surface area (Å²) >= 11 is 0. The highest BCUT2D eigenvalue weighted by Crippen LogP contribution is 2.12. The molecule has 0 aliphatic rings. The molecule has 0 unspecified atom stereocenters. The number of hydrogen-bond donors (Lipinski definition) is 0. The van der Waals surface area contributed by atoms with Gasteiger partial charge >= 0.3 is 0 Å². The van der Waals surface area contributed by atoms with Crippen LogP contribution in [0, 0.1) is 23.7 Å². The van der Waals surface area contributed by atoms with Crippen LogP contribution in [0.1, 0.15) is 133 Å². The van der Waals surface area contributed by atoms with Crippen molar-refractivity contribution in [1.29, 1.82) is 0 Å². The fraction of sp³-hybridized carbons (Fsp3) is 0.867. The summed E-state index contributed by atoms with van der Waals surface area (Å²) in [6.45, 7) is 20.2. The maximum atomic E-state index is 4.17. The quantitative estimate of drug-likeness (QED) is 0.214. The molecule has 36 heavy (non-hydrogen) atoms. The Labute approximate surface area is 225 Å². The summed E-state index contributed by atoms with van der Waals surface area (Å²) in [6.07, 6.45) is 16.4. The summed E-state index contributed by atoms with van der Waals surface area (Å²) < 4.78 is 4.16. The average Bonchev–Trinajstić information content (AvgIpc) is 3.36. The number of unbranched alkanes of at least 4 members (excludes halogenated alkanes) is 4. The molecule has 0 spiro atoms. The van der Waals surface area contributed by atoms with E-state index >= 15 is 0 Å². The summed E-state index contributed by atoms with van der Waals surface area (Å²) in [5, 5.41) is 16.4. The second-order valence-corrected chi connectivity index (χ2v) is 11.6. The van der Waals surface area contributed by atoms with E-state index in [0.29, 0.717) is 11.8 Å². The first kappa shape index (κ1) is 36.4. The van der Waals surface area contributed by atoms with Crippen LogP contribution >= 0.6 is 0 Å². The molecule has 0 aliphatic heterocycles. The molecule has 0 saturated heterocycles. The van der Waals surface area contributed by atoms with Crippen LogP contribution in [0.4, 0.5) is 0 Å². The van der Waals surface area contributed by atoms with Gasteiger partial charge in [-0.05, 0) is 49.4 Å². The van der Waals surface area contributed by atoms with Crippen molar-refractivity contribution in [3.8, 4) is 0 Å². The van der Waals surface area contributed by atoms with E-state index in [4.69, 9.17) is 0 Å². The summed E-state index contributed by atoms with van der Waals surface area (Å²) in [5.74, 6) is 3.01. The molecule has 2 heterocycles. The van der Waals surface area contributed by atoms with E-state index in [9.17, 15) is 0 Å². The highest BCUT2D eigenvalue weighted by molar-refractivity contribution is 4.95. The molecule has 2 aromatic heterocycles. The van der Waals surface area contributed by atoms with E-state index in [2.05, 4.69) is 85.4 Å². The van der Waals surface area contributed by atoms with Gasteiger partial charge in [-0.25, -0.2) is 9.36 Å². The molecule has 0 atom stereocenters. The molecule has 2 aromatic rings. The maximum absolute atomic E-state index is 4.17. The molecule has 0 aromatic carbocycles. The molecule has 0 amide bonds. The molecular weight excluding hydrogens is 444 g/mol. The lowest BCUT2D eigenvalue weighted by molar-refractivity contribution is 0.472. The first-order valence-electron chi connectivity index (χ1n) is 13.9. The van der Waals surface area contributed by atoms with Crippen molar-refractivity contribution in [2.75, 3.05) is 0 Å². The van der Waals surface area contributed by atoms with Gasteiger partial charge in [-0.15, -0.1) is 10.2 Å².